The minimum Gasteiger partial charge on any atom is -0.209 e. The number of fused-ring (bicyclic) bond motifs is 3. The summed E-state index contributed by atoms with van der Waals surface area (Å²) in [6.45, 7) is 4.00. The van der Waals surface area contributed by atoms with Gasteiger partial charge in [-0.25, -0.2) is 15.0 Å². The lowest BCUT2D eigenvalue weighted by atomic mass is 9.92. The Morgan fingerprint density at radius 1 is 0.379 bits per heavy atom. The molecule has 0 amide bonds. The third-order valence-electron chi connectivity index (χ3n) is 10.5. The van der Waals surface area contributed by atoms with Gasteiger partial charge in [-0.2, -0.15) is 0 Å². The third-order valence-corrected chi connectivity index (χ3v) is 11.7. The van der Waals surface area contributed by atoms with Crippen LogP contribution in [0.25, 0.3) is 87.5 Å². The number of rotatable bonds is 7. The van der Waals surface area contributed by atoms with Gasteiger partial charge in [-0.3, -0.25) is 0 Å². The molecule has 0 fully saturated rings. The van der Waals surface area contributed by atoms with Gasteiger partial charge in [-0.05, 0) is 87.2 Å². The SMILES string of the molecule is C.C1=C(c2nc(-c3ccccc3)nc(-c3cccc(-c4cccc(-c5cccc(-c6ccccc6)c5)c4)c3)n2)CCC(c2cccc3c2sc2ccccc23)=C1.CC. The number of allylic oxidation sites excluding steroid dienone is 4. The zero-order valence-electron chi connectivity index (χ0n) is 32.1. The van der Waals surface area contributed by atoms with Crippen LogP contribution in [0.3, 0.4) is 0 Å². The van der Waals surface area contributed by atoms with E-state index in [-0.39, 0.29) is 7.43 Å². The molecule has 0 radical (unpaired) electrons. The van der Waals surface area contributed by atoms with Crippen LogP contribution >= 0.6 is 11.3 Å². The highest BCUT2D eigenvalue weighted by Crippen LogP contribution is 2.41. The number of nitrogens with zero attached hydrogens (tertiary/aromatic N) is 3. The highest BCUT2D eigenvalue weighted by Gasteiger charge is 2.19. The van der Waals surface area contributed by atoms with Crippen molar-refractivity contribution in [3.8, 4) is 56.2 Å². The molecule has 9 aromatic rings. The summed E-state index contributed by atoms with van der Waals surface area (Å²) in [6, 6.07) is 62.3. The normalized spacial score (nSPS) is 12.2. The van der Waals surface area contributed by atoms with Gasteiger partial charge in [0.15, 0.2) is 17.5 Å². The van der Waals surface area contributed by atoms with Gasteiger partial charge < -0.3 is 0 Å². The number of thiophene rings is 1. The molecule has 2 heterocycles. The summed E-state index contributed by atoms with van der Waals surface area (Å²) in [5, 5.41) is 2.66. The summed E-state index contributed by atoms with van der Waals surface area (Å²) in [6.07, 6.45) is 6.25. The standard InChI is InChI=1S/C51H35N3S.C2H6.CH4/c1-3-13-34(14-4-1)38-17-9-18-39(31-38)40-19-10-20-41(32-40)42-21-11-22-43(33-42)51-53-49(36-15-5-2-6-16-36)52-50(54-51)37-29-27-35(28-30-37)44-24-12-25-46-45-23-7-8-26-47(45)55-48(44)46;1-2;/h1-27,29,31-33H,28,30H2;1-2H3;1H4. The lowest BCUT2D eigenvalue weighted by Crippen LogP contribution is -2.04. The van der Waals surface area contributed by atoms with Crippen molar-refractivity contribution >= 4 is 42.7 Å². The molecule has 10 rings (SSSR count). The smallest absolute Gasteiger partial charge is 0.164 e. The predicted octanol–water partition coefficient (Wildman–Crippen LogP) is 15.5. The molecule has 1 aliphatic rings. The van der Waals surface area contributed by atoms with Crippen LogP contribution in [0.15, 0.2) is 188 Å². The van der Waals surface area contributed by atoms with Crippen LogP contribution in [0, 0.1) is 0 Å². The molecule has 0 atom stereocenters. The van der Waals surface area contributed by atoms with Crippen molar-refractivity contribution in [2.24, 2.45) is 0 Å². The molecular weight excluding hydrogens is 723 g/mol. The summed E-state index contributed by atoms with van der Waals surface area (Å²) in [4.78, 5) is 15.3. The Kier molecular flexibility index (Phi) is 11.3. The maximum Gasteiger partial charge on any atom is 0.164 e. The van der Waals surface area contributed by atoms with E-state index in [4.69, 9.17) is 15.0 Å². The minimum absolute atomic E-state index is 0. The number of aromatic nitrogens is 3. The largest absolute Gasteiger partial charge is 0.209 e. The van der Waals surface area contributed by atoms with Crippen LogP contribution in [-0.2, 0) is 0 Å². The fourth-order valence-corrected chi connectivity index (χ4v) is 8.89. The molecule has 0 spiro atoms. The first-order valence-corrected chi connectivity index (χ1v) is 20.5. The van der Waals surface area contributed by atoms with Crippen LogP contribution in [-0.4, -0.2) is 15.0 Å². The fraction of sp³-hybridized carbons (Fsp3) is 0.0926. The Balaban J connectivity index is 0.00000154. The van der Waals surface area contributed by atoms with Crippen LogP contribution in [0.1, 0.15) is 45.5 Å². The van der Waals surface area contributed by atoms with Crippen molar-refractivity contribution in [2.75, 3.05) is 0 Å². The van der Waals surface area contributed by atoms with Crippen molar-refractivity contribution in [3.63, 3.8) is 0 Å². The van der Waals surface area contributed by atoms with Crippen molar-refractivity contribution in [3.05, 3.63) is 199 Å². The second-order valence-electron chi connectivity index (χ2n) is 13.9. The third kappa shape index (κ3) is 7.67. The van der Waals surface area contributed by atoms with E-state index in [1.807, 2.05) is 43.4 Å². The average Bonchev–Trinajstić information content (AvgIpc) is 3.69. The van der Waals surface area contributed by atoms with Crippen molar-refractivity contribution in [2.45, 2.75) is 34.1 Å². The van der Waals surface area contributed by atoms with Crippen molar-refractivity contribution in [1.29, 1.82) is 0 Å². The minimum atomic E-state index is 0. The molecular formula is C54H45N3S. The molecule has 1 aliphatic carbocycles. The van der Waals surface area contributed by atoms with E-state index in [0.29, 0.717) is 11.6 Å². The van der Waals surface area contributed by atoms with E-state index in [2.05, 4.69) is 170 Å². The topological polar surface area (TPSA) is 38.7 Å². The first-order valence-electron chi connectivity index (χ1n) is 19.7. The number of hydrogen-bond acceptors (Lipinski definition) is 4. The van der Waals surface area contributed by atoms with Gasteiger partial charge in [0.05, 0.1) is 0 Å². The molecule has 0 unspecified atom stereocenters. The average molecular weight is 768 g/mol. The Bertz CT molecular complexity index is 2920. The highest BCUT2D eigenvalue weighted by atomic mass is 32.1. The quantitative estimate of drug-likeness (QED) is 0.162. The van der Waals surface area contributed by atoms with Gasteiger partial charge >= 0.3 is 0 Å². The zero-order valence-corrected chi connectivity index (χ0v) is 32.9. The van der Waals surface area contributed by atoms with Crippen molar-refractivity contribution < 1.29 is 0 Å². The maximum absolute atomic E-state index is 5.15. The van der Waals surface area contributed by atoms with E-state index >= 15 is 0 Å². The van der Waals surface area contributed by atoms with Gasteiger partial charge in [-0.1, -0.05) is 185 Å². The Labute approximate surface area is 345 Å². The van der Waals surface area contributed by atoms with E-state index < -0.39 is 0 Å². The molecule has 0 N–H and O–H groups in total. The second-order valence-corrected chi connectivity index (χ2v) is 15.0. The molecule has 0 bridgehead atoms. The van der Waals surface area contributed by atoms with Crippen LogP contribution in [0.4, 0.5) is 0 Å². The maximum atomic E-state index is 5.15. The molecule has 7 aromatic carbocycles. The first-order chi connectivity index (χ1) is 28.2. The first kappa shape index (κ1) is 38.1. The van der Waals surface area contributed by atoms with Gasteiger partial charge in [0, 0.05) is 31.3 Å². The van der Waals surface area contributed by atoms with E-state index in [9.17, 15) is 0 Å². The van der Waals surface area contributed by atoms with E-state index in [0.717, 1.165) is 46.5 Å². The van der Waals surface area contributed by atoms with E-state index in [1.165, 1.54) is 53.6 Å². The van der Waals surface area contributed by atoms with Gasteiger partial charge in [0.25, 0.3) is 0 Å². The molecule has 0 saturated heterocycles. The molecule has 4 heteroatoms. The van der Waals surface area contributed by atoms with Gasteiger partial charge in [0.2, 0.25) is 0 Å². The lowest BCUT2D eigenvalue weighted by molar-refractivity contribution is 0.985. The molecule has 2 aromatic heterocycles. The Morgan fingerprint density at radius 2 is 0.810 bits per heavy atom. The summed E-state index contributed by atoms with van der Waals surface area (Å²) in [7, 11) is 0. The highest BCUT2D eigenvalue weighted by molar-refractivity contribution is 7.26. The van der Waals surface area contributed by atoms with Crippen molar-refractivity contribution in [1.82, 2.24) is 15.0 Å². The van der Waals surface area contributed by atoms with E-state index in [1.54, 1.807) is 0 Å². The fourth-order valence-electron chi connectivity index (χ4n) is 7.64. The Morgan fingerprint density at radius 3 is 1.43 bits per heavy atom. The van der Waals surface area contributed by atoms with Crippen LogP contribution < -0.4 is 0 Å². The van der Waals surface area contributed by atoms with Crippen LogP contribution in [0.2, 0.25) is 0 Å². The summed E-state index contributed by atoms with van der Waals surface area (Å²) in [5.74, 6) is 2.07. The number of hydrogen-bond donors (Lipinski definition) is 0. The molecule has 282 valence electrons. The summed E-state index contributed by atoms with van der Waals surface area (Å²) >= 11 is 1.88. The summed E-state index contributed by atoms with van der Waals surface area (Å²) in [5.41, 5.74) is 12.8. The zero-order chi connectivity index (χ0) is 38.6. The Hall–Kier alpha value is -6.75. The predicted molar refractivity (Wildman–Crippen MR) is 250 cm³/mol. The monoisotopic (exact) mass is 767 g/mol. The second kappa shape index (κ2) is 17.2. The molecule has 0 aliphatic heterocycles. The lowest BCUT2D eigenvalue weighted by Gasteiger charge is -2.16. The summed E-state index contributed by atoms with van der Waals surface area (Å²) < 4.78 is 2.68. The van der Waals surface area contributed by atoms with Gasteiger partial charge in [-0.15, -0.1) is 11.3 Å². The number of benzene rings is 7. The molecule has 3 nitrogen and oxygen atoms in total. The molecule has 0 saturated carbocycles. The molecule has 58 heavy (non-hydrogen) atoms. The van der Waals surface area contributed by atoms with Gasteiger partial charge in [0.1, 0.15) is 0 Å². The van der Waals surface area contributed by atoms with Crippen LogP contribution in [0.5, 0.6) is 0 Å².